The van der Waals surface area contributed by atoms with Gasteiger partial charge in [0.15, 0.2) is 5.78 Å². The molecule has 3 nitrogen and oxygen atoms in total. The largest absolute Gasteiger partial charge is 0.496 e. The summed E-state index contributed by atoms with van der Waals surface area (Å²) in [4.78, 5) is 15.9. The van der Waals surface area contributed by atoms with Crippen molar-refractivity contribution in [3.63, 3.8) is 0 Å². The highest BCUT2D eigenvalue weighted by Gasteiger charge is 2.17. The van der Waals surface area contributed by atoms with Crippen LogP contribution in [0.2, 0.25) is 5.02 Å². The van der Waals surface area contributed by atoms with Crippen LogP contribution in [0.1, 0.15) is 21.5 Å². The normalized spacial score (nSPS) is 10.8. The molecule has 1 aromatic heterocycles. The number of hydrogen-bond donors (Lipinski definition) is 1. The second kappa shape index (κ2) is 5.26. The SMILES string of the molecule is COc1cccc2[nH]cc(C(=O)c3cc(C)cc(Cl)c3)c12. The van der Waals surface area contributed by atoms with E-state index in [1.807, 2.05) is 37.3 Å². The highest BCUT2D eigenvalue weighted by Crippen LogP contribution is 2.30. The molecule has 106 valence electrons. The molecule has 0 aliphatic rings. The molecule has 0 unspecified atom stereocenters. The fourth-order valence-corrected chi connectivity index (χ4v) is 2.81. The number of ketones is 1. The Hall–Kier alpha value is -2.26. The number of aromatic nitrogens is 1. The first kappa shape index (κ1) is 13.7. The number of carbonyl (C=O) groups excluding carboxylic acids is 1. The number of rotatable bonds is 3. The van der Waals surface area contributed by atoms with E-state index in [0.717, 1.165) is 16.5 Å². The van der Waals surface area contributed by atoms with Gasteiger partial charge in [0, 0.05) is 22.3 Å². The van der Waals surface area contributed by atoms with Crippen molar-refractivity contribution in [2.45, 2.75) is 6.92 Å². The summed E-state index contributed by atoms with van der Waals surface area (Å²) in [6.45, 7) is 1.92. The Morgan fingerprint density at radius 3 is 2.76 bits per heavy atom. The summed E-state index contributed by atoms with van der Waals surface area (Å²) >= 11 is 6.05. The van der Waals surface area contributed by atoms with E-state index in [1.54, 1.807) is 19.4 Å². The lowest BCUT2D eigenvalue weighted by molar-refractivity contribution is 0.104. The van der Waals surface area contributed by atoms with Crippen LogP contribution in [0.15, 0.2) is 42.6 Å². The molecule has 3 aromatic rings. The van der Waals surface area contributed by atoms with Crippen molar-refractivity contribution in [2.24, 2.45) is 0 Å². The third-order valence-electron chi connectivity index (χ3n) is 3.44. The van der Waals surface area contributed by atoms with Crippen LogP contribution in [0.3, 0.4) is 0 Å². The van der Waals surface area contributed by atoms with Gasteiger partial charge in [-0.05, 0) is 42.8 Å². The Morgan fingerprint density at radius 1 is 1.24 bits per heavy atom. The molecule has 4 heteroatoms. The smallest absolute Gasteiger partial charge is 0.195 e. The fraction of sp³-hybridized carbons (Fsp3) is 0.118. The van der Waals surface area contributed by atoms with E-state index >= 15 is 0 Å². The molecular weight excluding hydrogens is 286 g/mol. The van der Waals surface area contributed by atoms with Crippen molar-refractivity contribution in [3.05, 3.63) is 64.3 Å². The lowest BCUT2D eigenvalue weighted by atomic mass is 10.0. The average molecular weight is 300 g/mol. The summed E-state index contributed by atoms with van der Waals surface area (Å²) in [5, 5.41) is 1.35. The molecular formula is C17H14ClNO2. The average Bonchev–Trinajstić information content (AvgIpc) is 2.89. The lowest BCUT2D eigenvalue weighted by Crippen LogP contribution is -2.01. The lowest BCUT2D eigenvalue weighted by Gasteiger charge is -2.06. The Labute approximate surface area is 127 Å². The second-order valence-electron chi connectivity index (χ2n) is 4.93. The molecule has 0 aliphatic heterocycles. The Kier molecular flexibility index (Phi) is 3.43. The van der Waals surface area contributed by atoms with Crippen LogP contribution in [0.25, 0.3) is 10.9 Å². The van der Waals surface area contributed by atoms with Gasteiger partial charge < -0.3 is 9.72 Å². The van der Waals surface area contributed by atoms with Crippen molar-refractivity contribution >= 4 is 28.3 Å². The molecule has 0 fully saturated rings. The van der Waals surface area contributed by atoms with Crippen molar-refractivity contribution < 1.29 is 9.53 Å². The molecule has 0 radical (unpaired) electrons. The standard InChI is InChI=1S/C17H14ClNO2/c1-10-6-11(8-12(18)7-10)17(20)13-9-19-14-4-3-5-15(21-2)16(13)14/h3-9,19H,1-2H3. The zero-order chi connectivity index (χ0) is 15.0. The first-order valence-electron chi connectivity index (χ1n) is 6.56. The zero-order valence-electron chi connectivity index (χ0n) is 11.7. The minimum atomic E-state index is -0.0728. The predicted octanol–water partition coefficient (Wildman–Crippen LogP) is 4.37. The molecule has 0 saturated carbocycles. The topological polar surface area (TPSA) is 42.1 Å². The number of carbonyl (C=O) groups is 1. The first-order chi connectivity index (χ1) is 10.1. The van der Waals surface area contributed by atoms with Gasteiger partial charge >= 0.3 is 0 Å². The van der Waals surface area contributed by atoms with Crippen LogP contribution >= 0.6 is 11.6 Å². The van der Waals surface area contributed by atoms with Crippen LogP contribution in [0.4, 0.5) is 0 Å². The van der Waals surface area contributed by atoms with Gasteiger partial charge in [0.25, 0.3) is 0 Å². The van der Waals surface area contributed by atoms with E-state index in [4.69, 9.17) is 16.3 Å². The summed E-state index contributed by atoms with van der Waals surface area (Å²) in [6, 6.07) is 11.0. The van der Waals surface area contributed by atoms with Gasteiger partial charge in [0.2, 0.25) is 0 Å². The number of methoxy groups -OCH3 is 1. The number of aromatic amines is 1. The summed E-state index contributed by atoms with van der Waals surface area (Å²) in [7, 11) is 1.60. The van der Waals surface area contributed by atoms with Crippen molar-refractivity contribution in [1.29, 1.82) is 0 Å². The van der Waals surface area contributed by atoms with Gasteiger partial charge in [-0.25, -0.2) is 0 Å². The van der Waals surface area contributed by atoms with Crippen LogP contribution in [0.5, 0.6) is 5.75 Å². The van der Waals surface area contributed by atoms with Crippen molar-refractivity contribution in [1.82, 2.24) is 4.98 Å². The maximum absolute atomic E-state index is 12.8. The molecule has 0 spiro atoms. The van der Waals surface area contributed by atoms with Gasteiger partial charge in [-0.15, -0.1) is 0 Å². The fourth-order valence-electron chi connectivity index (χ4n) is 2.52. The van der Waals surface area contributed by atoms with Gasteiger partial charge in [0.1, 0.15) is 5.75 Å². The Morgan fingerprint density at radius 2 is 2.05 bits per heavy atom. The van der Waals surface area contributed by atoms with Crippen LogP contribution in [-0.2, 0) is 0 Å². The molecule has 0 atom stereocenters. The molecule has 3 rings (SSSR count). The number of aryl methyl sites for hydroxylation is 1. The quantitative estimate of drug-likeness (QED) is 0.730. The van der Waals surface area contributed by atoms with Crippen LogP contribution < -0.4 is 4.74 Å². The number of ether oxygens (including phenoxy) is 1. The number of benzene rings is 2. The van der Waals surface area contributed by atoms with E-state index in [-0.39, 0.29) is 5.78 Å². The number of halogens is 1. The van der Waals surface area contributed by atoms with E-state index in [0.29, 0.717) is 21.9 Å². The minimum absolute atomic E-state index is 0.0728. The molecule has 0 saturated heterocycles. The monoisotopic (exact) mass is 299 g/mol. The van der Waals surface area contributed by atoms with E-state index in [2.05, 4.69) is 4.98 Å². The molecule has 2 aromatic carbocycles. The minimum Gasteiger partial charge on any atom is -0.496 e. The summed E-state index contributed by atoms with van der Waals surface area (Å²) in [5.74, 6) is 0.604. The maximum Gasteiger partial charge on any atom is 0.195 e. The molecule has 0 amide bonds. The first-order valence-corrected chi connectivity index (χ1v) is 6.94. The molecule has 21 heavy (non-hydrogen) atoms. The number of fused-ring (bicyclic) bond motifs is 1. The van der Waals surface area contributed by atoms with E-state index < -0.39 is 0 Å². The number of hydrogen-bond acceptors (Lipinski definition) is 2. The third-order valence-corrected chi connectivity index (χ3v) is 3.65. The van der Waals surface area contributed by atoms with Gasteiger partial charge in [-0.2, -0.15) is 0 Å². The highest BCUT2D eigenvalue weighted by atomic mass is 35.5. The molecule has 1 heterocycles. The Balaban J connectivity index is 2.18. The molecule has 1 N–H and O–H groups in total. The van der Waals surface area contributed by atoms with Crippen molar-refractivity contribution in [3.8, 4) is 5.75 Å². The van der Waals surface area contributed by atoms with Gasteiger partial charge in [-0.3, -0.25) is 4.79 Å². The highest BCUT2D eigenvalue weighted by molar-refractivity contribution is 6.31. The molecule has 0 bridgehead atoms. The summed E-state index contributed by atoms with van der Waals surface area (Å²) in [5.41, 5.74) is 2.99. The molecule has 0 aliphatic carbocycles. The number of nitrogens with one attached hydrogen (secondary N) is 1. The second-order valence-corrected chi connectivity index (χ2v) is 5.37. The number of H-pyrrole nitrogens is 1. The van der Waals surface area contributed by atoms with E-state index in [9.17, 15) is 4.79 Å². The summed E-state index contributed by atoms with van der Waals surface area (Å²) < 4.78 is 5.36. The summed E-state index contributed by atoms with van der Waals surface area (Å²) in [6.07, 6.45) is 1.71. The van der Waals surface area contributed by atoms with Crippen LogP contribution in [-0.4, -0.2) is 17.9 Å². The third kappa shape index (κ3) is 2.41. The zero-order valence-corrected chi connectivity index (χ0v) is 12.5. The van der Waals surface area contributed by atoms with Gasteiger partial charge in [0.05, 0.1) is 18.1 Å². The maximum atomic E-state index is 12.8. The van der Waals surface area contributed by atoms with Crippen LogP contribution in [0, 0.1) is 6.92 Å². The van der Waals surface area contributed by atoms with Crippen molar-refractivity contribution in [2.75, 3.05) is 7.11 Å². The Bertz CT molecular complexity index is 816. The van der Waals surface area contributed by atoms with E-state index in [1.165, 1.54) is 0 Å². The van der Waals surface area contributed by atoms with Gasteiger partial charge in [-0.1, -0.05) is 17.7 Å². The predicted molar refractivity (Wildman–Crippen MR) is 84.5 cm³/mol.